The summed E-state index contributed by atoms with van der Waals surface area (Å²) in [5, 5.41) is 6.28. The van der Waals surface area contributed by atoms with Crippen LogP contribution in [0, 0.1) is 5.41 Å². The number of halogens is 1. The van der Waals surface area contributed by atoms with Gasteiger partial charge in [0.15, 0.2) is 0 Å². The maximum Gasteiger partial charge on any atom is 0.246 e. The van der Waals surface area contributed by atoms with Gasteiger partial charge in [-0.3, -0.25) is 4.79 Å². The van der Waals surface area contributed by atoms with Crippen LogP contribution < -0.4 is 10.6 Å². The average molecular weight is 251 g/mol. The van der Waals surface area contributed by atoms with Crippen LogP contribution in [0.1, 0.15) is 26.7 Å². The molecule has 0 radical (unpaired) electrons. The lowest BCUT2D eigenvalue weighted by Crippen LogP contribution is -2.46. The maximum absolute atomic E-state index is 11.3. The molecule has 4 nitrogen and oxygen atoms in total. The van der Waals surface area contributed by atoms with Gasteiger partial charge in [0.25, 0.3) is 0 Å². The Morgan fingerprint density at radius 2 is 2.31 bits per heavy atom. The lowest BCUT2D eigenvalue weighted by atomic mass is 9.83. The molecule has 1 aliphatic heterocycles. The van der Waals surface area contributed by atoms with Crippen LogP contribution in [0.4, 0.5) is 0 Å². The molecular formula is C11H23ClN2O2. The predicted molar refractivity (Wildman–Crippen MR) is 67.0 cm³/mol. The molecule has 1 rings (SSSR count). The fourth-order valence-corrected chi connectivity index (χ4v) is 1.83. The highest BCUT2D eigenvalue weighted by atomic mass is 35.5. The Morgan fingerprint density at radius 3 is 2.88 bits per heavy atom. The van der Waals surface area contributed by atoms with E-state index in [2.05, 4.69) is 17.6 Å². The molecule has 0 spiro atoms. The third-order valence-electron chi connectivity index (χ3n) is 2.84. The molecule has 16 heavy (non-hydrogen) atoms. The lowest BCUT2D eigenvalue weighted by molar-refractivity contribution is -0.126. The molecule has 96 valence electrons. The molecule has 1 unspecified atom stereocenters. The number of carbonyl (C=O) groups is 1. The van der Waals surface area contributed by atoms with Crippen molar-refractivity contribution >= 4 is 18.3 Å². The third-order valence-corrected chi connectivity index (χ3v) is 2.84. The monoisotopic (exact) mass is 250 g/mol. The molecule has 1 fully saturated rings. The van der Waals surface area contributed by atoms with Gasteiger partial charge < -0.3 is 15.4 Å². The summed E-state index contributed by atoms with van der Waals surface area (Å²) < 4.78 is 5.04. The Hall–Kier alpha value is -0.320. The van der Waals surface area contributed by atoms with Gasteiger partial charge >= 0.3 is 0 Å². The van der Waals surface area contributed by atoms with E-state index in [1.165, 1.54) is 12.8 Å². The molecule has 2 N–H and O–H groups in total. The van der Waals surface area contributed by atoms with Gasteiger partial charge in [0.2, 0.25) is 5.91 Å². The molecular weight excluding hydrogens is 228 g/mol. The van der Waals surface area contributed by atoms with Crippen LogP contribution in [0.2, 0.25) is 0 Å². The van der Waals surface area contributed by atoms with Crippen molar-refractivity contribution in [2.45, 2.75) is 26.7 Å². The molecule has 0 aromatic rings. The molecule has 0 aromatic heterocycles. The predicted octanol–water partition coefficient (Wildman–Crippen LogP) is 0.951. The van der Waals surface area contributed by atoms with Gasteiger partial charge in [-0.05, 0) is 31.7 Å². The zero-order chi connectivity index (χ0) is 11.1. The Bertz CT molecular complexity index is 206. The van der Waals surface area contributed by atoms with Gasteiger partial charge in [-0.1, -0.05) is 6.92 Å². The van der Waals surface area contributed by atoms with Crippen LogP contribution in [0.25, 0.3) is 0 Å². The smallest absolute Gasteiger partial charge is 0.246 e. The first-order valence-electron chi connectivity index (χ1n) is 5.71. The van der Waals surface area contributed by atoms with E-state index in [0.29, 0.717) is 6.61 Å². The molecule has 0 aliphatic carbocycles. The number of carbonyl (C=O) groups excluding carboxylic acids is 1. The minimum absolute atomic E-state index is 0. The highest BCUT2D eigenvalue weighted by molar-refractivity contribution is 5.85. The first-order chi connectivity index (χ1) is 7.16. The SMILES string of the molecule is CCOCC(=O)NCC1(C)CCCNC1.Cl. The zero-order valence-corrected chi connectivity index (χ0v) is 11.0. The molecule has 1 aliphatic rings. The van der Waals surface area contributed by atoms with Crippen molar-refractivity contribution in [3.63, 3.8) is 0 Å². The van der Waals surface area contributed by atoms with Crippen molar-refractivity contribution in [3.8, 4) is 0 Å². The van der Waals surface area contributed by atoms with Crippen molar-refractivity contribution in [1.29, 1.82) is 0 Å². The van der Waals surface area contributed by atoms with Crippen molar-refractivity contribution in [2.24, 2.45) is 5.41 Å². The van der Waals surface area contributed by atoms with Gasteiger partial charge in [-0.25, -0.2) is 0 Å². The Kier molecular flexibility index (Phi) is 7.72. The topological polar surface area (TPSA) is 50.4 Å². The summed E-state index contributed by atoms with van der Waals surface area (Å²) in [4.78, 5) is 11.3. The molecule has 0 aromatic carbocycles. The second kappa shape index (κ2) is 7.87. The molecule has 5 heteroatoms. The van der Waals surface area contributed by atoms with E-state index in [1.807, 2.05) is 6.92 Å². The first kappa shape index (κ1) is 15.7. The normalized spacial score (nSPS) is 24.6. The summed E-state index contributed by atoms with van der Waals surface area (Å²) in [7, 11) is 0. The maximum atomic E-state index is 11.3. The van der Waals surface area contributed by atoms with Gasteiger partial charge in [-0.2, -0.15) is 0 Å². The summed E-state index contributed by atoms with van der Waals surface area (Å²) in [6, 6.07) is 0. The largest absolute Gasteiger partial charge is 0.372 e. The van der Waals surface area contributed by atoms with Crippen molar-refractivity contribution in [3.05, 3.63) is 0 Å². The number of hydrogen-bond donors (Lipinski definition) is 2. The van der Waals surface area contributed by atoms with E-state index in [4.69, 9.17) is 4.74 Å². The minimum atomic E-state index is -0.0105. The van der Waals surface area contributed by atoms with Gasteiger partial charge in [0.05, 0.1) is 0 Å². The summed E-state index contributed by atoms with van der Waals surface area (Å²) >= 11 is 0. The molecule has 1 amide bonds. The Labute approximate surface area is 104 Å². The van der Waals surface area contributed by atoms with Crippen molar-refractivity contribution in [2.75, 3.05) is 32.8 Å². The van der Waals surface area contributed by atoms with E-state index in [1.54, 1.807) is 0 Å². The molecule has 0 bridgehead atoms. The van der Waals surface area contributed by atoms with Gasteiger partial charge in [-0.15, -0.1) is 12.4 Å². The fraction of sp³-hybridized carbons (Fsp3) is 0.909. The van der Waals surface area contributed by atoms with E-state index >= 15 is 0 Å². The van der Waals surface area contributed by atoms with Crippen molar-refractivity contribution in [1.82, 2.24) is 10.6 Å². The number of ether oxygens (including phenoxy) is 1. The van der Waals surface area contributed by atoms with Crippen LogP contribution in [0.5, 0.6) is 0 Å². The van der Waals surface area contributed by atoms with E-state index < -0.39 is 0 Å². The third kappa shape index (κ3) is 5.68. The minimum Gasteiger partial charge on any atom is -0.372 e. The molecule has 1 atom stereocenters. The lowest BCUT2D eigenvalue weighted by Gasteiger charge is -2.34. The number of amides is 1. The van der Waals surface area contributed by atoms with Crippen LogP contribution >= 0.6 is 12.4 Å². The zero-order valence-electron chi connectivity index (χ0n) is 10.2. The average Bonchev–Trinajstić information content (AvgIpc) is 2.25. The number of hydrogen-bond acceptors (Lipinski definition) is 3. The summed E-state index contributed by atoms with van der Waals surface area (Å²) in [6.07, 6.45) is 2.37. The van der Waals surface area contributed by atoms with Crippen LogP contribution in [0.3, 0.4) is 0 Å². The molecule has 1 heterocycles. The number of nitrogens with one attached hydrogen (secondary N) is 2. The fourth-order valence-electron chi connectivity index (χ4n) is 1.83. The number of piperidine rings is 1. The highest BCUT2D eigenvalue weighted by Gasteiger charge is 2.26. The number of rotatable bonds is 5. The van der Waals surface area contributed by atoms with Crippen LogP contribution in [0.15, 0.2) is 0 Å². The quantitative estimate of drug-likeness (QED) is 0.764. The Morgan fingerprint density at radius 1 is 1.56 bits per heavy atom. The summed E-state index contributed by atoms with van der Waals surface area (Å²) in [5.41, 5.74) is 0.208. The van der Waals surface area contributed by atoms with Crippen LogP contribution in [-0.4, -0.2) is 38.8 Å². The van der Waals surface area contributed by atoms with Gasteiger partial charge in [0, 0.05) is 19.7 Å². The second-order valence-electron chi connectivity index (χ2n) is 4.50. The van der Waals surface area contributed by atoms with Crippen molar-refractivity contribution < 1.29 is 9.53 Å². The van der Waals surface area contributed by atoms with E-state index in [-0.39, 0.29) is 30.3 Å². The van der Waals surface area contributed by atoms with Gasteiger partial charge in [0.1, 0.15) is 6.61 Å². The second-order valence-corrected chi connectivity index (χ2v) is 4.50. The summed E-state index contributed by atoms with van der Waals surface area (Å²) in [5.74, 6) is -0.0105. The standard InChI is InChI=1S/C11H22N2O2.ClH/c1-3-15-7-10(14)13-9-11(2)5-4-6-12-8-11;/h12H,3-9H2,1-2H3,(H,13,14);1H. The van der Waals surface area contributed by atoms with E-state index in [9.17, 15) is 4.79 Å². The van der Waals surface area contributed by atoms with Crippen LogP contribution in [-0.2, 0) is 9.53 Å². The Balaban J connectivity index is 0.00000225. The van der Waals surface area contributed by atoms with E-state index in [0.717, 1.165) is 19.6 Å². The summed E-state index contributed by atoms with van der Waals surface area (Å²) in [6.45, 7) is 7.70. The highest BCUT2D eigenvalue weighted by Crippen LogP contribution is 2.23. The molecule has 0 saturated carbocycles. The molecule has 1 saturated heterocycles. The first-order valence-corrected chi connectivity index (χ1v) is 5.71.